The van der Waals surface area contributed by atoms with Gasteiger partial charge in [-0.1, -0.05) is 0 Å². The number of aryl methyl sites for hydroxylation is 1. The lowest BCUT2D eigenvalue weighted by molar-refractivity contribution is -0.386. The first-order chi connectivity index (χ1) is 8.50. The van der Waals surface area contributed by atoms with Gasteiger partial charge in [-0.15, -0.1) is 0 Å². The van der Waals surface area contributed by atoms with E-state index in [1.165, 1.54) is 10.9 Å². The second-order valence-electron chi connectivity index (χ2n) is 4.43. The lowest BCUT2D eigenvalue weighted by Gasteiger charge is -2.15. The van der Waals surface area contributed by atoms with Crippen molar-refractivity contribution in [1.29, 1.82) is 0 Å². The fourth-order valence-electron chi connectivity index (χ4n) is 2.12. The smallest absolute Gasteiger partial charge is 0.312 e. The van der Waals surface area contributed by atoms with Crippen LogP contribution in [0.1, 0.15) is 24.6 Å². The van der Waals surface area contributed by atoms with Crippen LogP contribution in [0.4, 0.5) is 5.69 Å². The third-order valence-corrected chi connectivity index (χ3v) is 3.19. The molecule has 8 nitrogen and oxygen atoms in total. The van der Waals surface area contributed by atoms with E-state index in [0.29, 0.717) is 18.5 Å². The molecular weight excluding hydrogens is 240 g/mol. The van der Waals surface area contributed by atoms with E-state index >= 15 is 0 Å². The van der Waals surface area contributed by atoms with E-state index in [1.54, 1.807) is 7.05 Å². The maximum atomic E-state index is 10.9. The molecular formula is C10H16N4O4. The standard InChI is InChI=1S/C10H16N4O4/c1-13-10(7(4-12-13)14(16)17)9-3-2-6(11)8(15)5-18-9/h4,6,8-9,15H,2-3,5,11H2,1H3/t6-,8-,9+/m1/s1. The van der Waals surface area contributed by atoms with Crippen LogP contribution >= 0.6 is 0 Å². The number of nitrogens with zero attached hydrogens (tertiary/aromatic N) is 3. The van der Waals surface area contributed by atoms with E-state index in [0.717, 1.165) is 0 Å². The minimum atomic E-state index is -0.734. The van der Waals surface area contributed by atoms with Gasteiger partial charge in [0.15, 0.2) is 0 Å². The monoisotopic (exact) mass is 256 g/mol. The van der Waals surface area contributed by atoms with Gasteiger partial charge < -0.3 is 15.6 Å². The van der Waals surface area contributed by atoms with Crippen molar-refractivity contribution in [3.05, 3.63) is 22.0 Å². The first-order valence-electron chi connectivity index (χ1n) is 5.72. The van der Waals surface area contributed by atoms with Crippen LogP contribution in [0.2, 0.25) is 0 Å². The highest BCUT2D eigenvalue weighted by atomic mass is 16.6. The molecule has 3 N–H and O–H groups in total. The predicted molar refractivity (Wildman–Crippen MR) is 61.8 cm³/mol. The second kappa shape index (κ2) is 5.01. The normalized spacial score (nSPS) is 28.9. The van der Waals surface area contributed by atoms with Gasteiger partial charge in [0.1, 0.15) is 18.0 Å². The minimum absolute atomic E-state index is 0.0625. The van der Waals surface area contributed by atoms with E-state index in [9.17, 15) is 15.2 Å². The maximum Gasteiger partial charge on any atom is 0.312 e. The summed E-state index contributed by atoms with van der Waals surface area (Å²) >= 11 is 0. The molecule has 1 aromatic heterocycles. The molecule has 1 aliphatic rings. The Balaban J connectivity index is 2.26. The van der Waals surface area contributed by atoms with E-state index in [-0.39, 0.29) is 18.3 Å². The molecule has 0 bridgehead atoms. The van der Waals surface area contributed by atoms with Gasteiger partial charge in [-0.3, -0.25) is 14.8 Å². The van der Waals surface area contributed by atoms with Gasteiger partial charge in [0.25, 0.3) is 0 Å². The Morgan fingerprint density at radius 3 is 3.06 bits per heavy atom. The van der Waals surface area contributed by atoms with E-state index < -0.39 is 17.1 Å². The highest BCUT2D eigenvalue weighted by Gasteiger charge is 2.31. The summed E-state index contributed by atoms with van der Waals surface area (Å²) < 4.78 is 6.94. The second-order valence-corrected chi connectivity index (χ2v) is 4.43. The van der Waals surface area contributed by atoms with Crippen molar-refractivity contribution in [2.24, 2.45) is 12.8 Å². The molecule has 0 aliphatic carbocycles. The Hall–Kier alpha value is -1.51. The number of hydrogen-bond acceptors (Lipinski definition) is 6. The number of ether oxygens (including phenoxy) is 1. The molecule has 0 amide bonds. The molecule has 1 aromatic rings. The number of aromatic nitrogens is 2. The summed E-state index contributed by atoms with van der Waals surface area (Å²) in [5, 5.41) is 24.4. The van der Waals surface area contributed by atoms with Crippen LogP contribution in [0.5, 0.6) is 0 Å². The van der Waals surface area contributed by atoms with Crippen molar-refractivity contribution in [1.82, 2.24) is 9.78 Å². The lowest BCUT2D eigenvalue weighted by Crippen LogP contribution is -2.35. The average molecular weight is 256 g/mol. The van der Waals surface area contributed by atoms with Crippen molar-refractivity contribution in [3.63, 3.8) is 0 Å². The first-order valence-corrected chi connectivity index (χ1v) is 5.72. The zero-order valence-corrected chi connectivity index (χ0v) is 10.0. The fraction of sp³-hybridized carbons (Fsp3) is 0.700. The molecule has 0 radical (unpaired) electrons. The summed E-state index contributed by atoms with van der Waals surface area (Å²) in [4.78, 5) is 10.4. The van der Waals surface area contributed by atoms with Crippen LogP contribution in [0.3, 0.4) is 0 Å². The van der Waals surface area contributed by atoms with E-state index in [1.807, 2.05) is 0 Å². The molecule has 1 fully saturated rings. The SMILES string of the molecule is Cn1ncc([N+](=O)[O-])c1[C@@H]1CC[C@@H](N)[C@H](O)CO1. The van der Waals surface area contributed by atoms with E-state index in [2.05, 4.69) is 5.10 Å². The van der Waals surface area contributed by atoms with E-state index in [4.69, 9.17) is 10.5 Å². The van der Waals surface area contributed by atoms with Crippen LogP contribution in [0.25, 0.3) is 0 Å². The van der Waals surface area contributed by atoms with Crippen LogP contribution in [0.15, 0.2) is 6.20 Å². The molecule has 3 atom stereocenters. The number of aliphatic hydroxyl groups excluding tert-OH is 1. The maximum absolute atomic E-state index is 10.9. The van der Waals surface area contributed by atoms with Gasteiger partial charge in [-0.2, -0.15) is 5.10 Å². The van der Waals surface area contributed by atoms with Crippen molar-refractivity contribution >= 4 is 5.69 Å². The quantitative estimate of drug-likeness (QED) is 0.562. The summed E-state index contributed by atoms with van der Waals surface area (Å²) in [6.45, 7) is 0.0775. The van der Waals surface area contributed by atoms with Gasteiger partial charge in [0, 0.05) is 13.1 Å². The van der Waals surface area contributed by atoms with Crippen molar-refractivity contribution in [3.8, 4) is 0 Å². The largest absolute Gasteiger partial charge is 0.389 e. The summed E-state index contributed by atoms with van der Waals surface area (Å²) in [7, 11) is 1.63. The van der Waals surface area contributed by atoms with Crippen LogP contribution in [0, 0.1) is 10.1 Å². The average Bonchev–Trinajstić information content (AvgIpc) is 2.63. The number of nitro groups is 1. The zero-order valence-electron chi connectivity index (χ0n) is 10.0. The molecule has 1 aliphatic heterocycles. The predicted octanol–water partition coefficient (Wildman–Crippen LogP) is -0.132. The minimum Gasteiger partial charge on any atom is -0.389 e. The molecule has 0 unspecified atom stereocenters. The van der Waals surface area contributed by atoms with Crippen molar-refractivity contribution < 1.29 is 14.8 Å². The van der Waals surface area contributed by atoms with Crippen LogP contribution < -0.4 is 5.73 Å². The molecule has 100 valence electrons. The van der Waals surface area contributed by atoms with Gasteiger partial charge in [-0.25, -0.2) is 0 Å². The third kappa shape index (κ3) is 2.35. The Kier molecular flexibility index (Phi) is 3.60. The number of rotatable bonds is 2. The Morgan fingerprint density at radius 1 is 1.67 bits per heavy atom. The van der Waals surface area contributed by atoms with Crippen molar-refractivity contribution in [2.45, 2.75) is 31.1 Å². The number of aliphatic hydroxyl groups is 1. The highest BCUT2D eigenvalue weighted by Crippen LogP contribution is 2.32. The molecule has 2 rings (SSSR count). The van der Waals surface area contributed by atoms with Gasteiger partial charge in [0.05, 0.1) is 17.6 Å². The first kappa shape index (κ1) is 12.9. The number of hydrogen-bond donors (Lipinski definition) is 2. The Labute approximate surface area is 103 Å². The molecule has 0 aromatic carbocycles. The van der Waals surface area contributed by atoms with Gasteiger partial charge in [0.2, 0.25) is 0 Å². The Morgan fingerprint density at radius 2 is 2.39 bits per heavy atom. The molecule has 18 heavy (non-hydrogen) atoms. The summed E-state index contributed by atoms with van der Waals surface area (Å²) in [5.41, 5.74) is 6.10. The molecule has 2 heterocycles. The van der Waals surface area contributed by atoms with Gasteiger partial charge >= 0.3 is 5.69 Å². The molecule has 1 saturated heterocycles. The topological polar surface area (TPSA) is 116 Å². The summed E-state index contributed by atoms with van der Waals surface area (Å²) in [6.07, 6.45) is 1.09. The zero-order chi connectivity index (χ0) is 13.3. The number of nitrogens with two attached hydrogens (primary N) is 1. The highest BCUT2D eigenvalue weighted by molar-refractivity contribution is 5.34. The van der Waals surface area contributed by atoms with Crippen LogP contribution in [-0.4, -0.2) is 38.6 Å². The summed E-state index contributed by atoms with van der Waals surface area (Å²) in [6, 6.07) is -0.359. The van der Waals surface area contributed by atoms with Crippen LogP contribution in [-0.2, 0) is 11.8 Å². The molecule has 8 heteroatoms. The third-order valence-electron chi connectivity index (χ3n) is 3.19. The van der Waals surface area contributed by atoms with Gasteiger partial charge in [-0.05, 0) is 12.8 Å². The molecule has 0 saturated carbocycles. The lowest BCUT2D eigenvalue weighted by atomic mass is 10.0. The fourth-order valence-corrected chi connectivity index (χ4v) is 2.12. The Bertz CT molecular complexity index is 435. The molecule has 0 spiro atoms. The van der Waals surface area contributed by atoms with Crippen molar-refractivity contribution in [2.75, 3.05) is 6.61 Å². The summed E-state index contributed by atoms with van der Waals surface area (Å²) in [5.74, 6) is 0.